The van der Waals surface area contributed by atoms with Crippen molar-refractivity contribution >= 4 is 0 Å². The molecule has 0 amide bonds. The number of nitrogens with zero attached hydrogens (tertiary/aromatic N) is 3. The van der Waals surface area contributed by atoms with E-state index in [1.54, 1.807) is 7.11 Å². The van der Waals surface area contributed by atoms with Gasteiger partial charge >= 0.3 is 0 Å². The minimum Gasteiger partial charge on any atom is -0.497 e. The molecule has 1 fully saturated rings. The van der Waals surface area contributed by atoms with Crippen molar-refractivity contribution in [1.82, 2.24) is 15.0 Å². The number of H-pyrrole nitrogens is 1. The standard InChI is InChI=1S/C21H18N4O2/c1-27-12-5-2-10(3-6-12)21-22-9-11-4-7-13-16-18(23-20(13)17(11)24-21)14-8-15(14)19(16)25-26/h2-3,5-6,9,14-15,19,23H,4,7-8H2,1H3. The van der Waals surface area contributed by atoms with E-state index in [2.05, 4.69) is 15.1 Å². The first kappa shape index (κ1) is 15.1. The molecule has 1 saturated carbocycles. The van der Waals surface area contributed by atoms with Crippen molar-refractivity contribution in [3.05, 3.63) is 57.8 Å². The number of nitroso groups, excluding NO2 is 1. The van der Waals surface area contributed by atoms with E-state index in [0.717, 1.165) is 53.1 Å². The summed E-state index contributed by atoms with van der Waals surface area (Å²) in [6, 6.07) is 7.61. The molecule has 6 rings (SSSR count). The first-order valence-electron chi connectivity index (χ1n) is 9.36. The Kier molecular flexibility index (Phi) is 2.93. The molecule has 0 radical (unpaired) electrons. The van der Waals surface area contributed by atoms with Gasteiger partial charge in [-0.1, -0.05) is 5.18 Å². The Hall–Kier alpha value is -3.02. The molecule has 134 valence electrons. The zero-order chi connectivity index (χ0) is 18.1. The highest BCUT2D eigenvalue weighted by Crippen LogP contribution is 2.64. The van der Waals surface area contributed by atoms with Gasteiger partial charge < -0.3 is 9.72 Å². The van der Waals surface area contributed by atoms with E-state index in [-0.39, 0.29) is 6.04 Å². The molecule has 3 aliphatic rings. The summed E-state index contributed by atoms with van der Waals surface area (Å²) in [5.41, 5.74) is 7.78. The maximum Gasteiger partial charge on any atom is 0.159 e. The van der Waals surface area contributed by atoms with Crippen molar-refractivity contribution in [2.45, 2.75) is 31.2 Å². The average Bonchev–Trinajstić information content (AvgIpc) is 3.31. The maximum atomic E-state index is 11.4. The third-order valence-electron chi connectivity index (χ3n) is 6.30. The minimum absolute atomic E-state index is 0.172. The summed E-state index contributed by atoms with van der Waals surface area (Å²) in [6.07, 6.45) is 4.84. The summed E-state index contributed by atoms with van der Waals surface area (Å²) in [5, 5.41) is 3.45. The van der Waals surface area contributed by atoms with Crippen LogP contribution in [0.4, 0.5) is 0 Å². The summed E-state index contributed by atoms with van der Waals surface area (Å²) >= 11 is 0. The Morgan fingerprint density at radius 1 is 1.22 bits per heavy atom. The minimum atomic E-state index is -0.172. The van der Waals surface area contributed by atoms with Crippen LogP contribution < -0.4 is 4.74 Å². The molecule has 2 heterocycles. The number of fused-ring (bicyclic) bond motifs is 7. The molecule has 0 bridgehead atoms. The lowest BCUT2D eigenvalue weighted by molar-refractivity contribution is 0.415. The molecule has 6 heteroatoms. The SMILES string of the molecule is COc1ccc(-c2ncc3c(n2)-c2[nH]c4c(c2CC3)C(N=O)C2CC42)cc1. The molecule has 27 heavy (non-hydrogen) atoms. The molecule has 3 atom stereocenters. The molecular weight excluding hydrogens is 340 g/mol. The number of methoxy groups -OCH3 is 1. The molecule has 1 aromatic carbocycles. The summed E-state index contributed by atoms with van der Waals surface area (Å²) in [4.78, 5) is 24.5. The highest BCUT2D eigenvalue weighted by molar-refractivity contribution is 5.73. The number of ether oxygens (including phenoxy) is 1. The number of aromatic nitrogens is 3. The fourth-order valence-electron chi connectivity index (χ4n) is 4.85. The van der Waals surface area contributed by atoms with E-state index >= 15 is 0 Å². The lowest BCUT2D eigenvalue weighted by Gasteiger charge is -2.18. The van der Waals surface area contributed by atoms with Crippen LogP contribution >= 0.6 is 0 Å². The predicted octanol–water partition coefficient (Wildman–Crippen LogP) is 4.17. The highest BCUT2D eigenvalue weighted by atomic mass is 16.5. The van der Waals surface area contributed by atoms with Crippen LogP contribution in [-0.4, -0.2) is 22.1 Å². The van der Waals surface area contributed by atoms with Gasteiger partial charge in [-0.15, -0.1) is 0 Å². The van der Waals surface area contributed by atoms with E-state index in [9.17, 15) is 4.91 Å². The van der Waals surface area contributed by atoms with Crippen LogP contribution in [0.5, 0.6) is 5.75 Å². The second-order valence-corrected chi connectivity index (χ2v) is 7.66. The van der Waals surface area contributed by atoms with Gasteiger partial charge in [-0.2, -0.15) is 4.91 Å². The summed E-state index contributed by atoms with van der Waals surface area (Å²) in [7, 11) is 1.66. The summed E-state index contributed by atoms with van der Waals surface area (Å²) in [5.74, 6) is 2.43. The second kappa shape index (κ2) is 5.25. The van der Waals surface area contributed by atoms with Gasteiger partial charge in [-0.25, -0.2) is 9.97 Å². The summed E-state index contributed by atoms with van der Waals surface area (Å²) in [6.45, 7) is 0. The molecule has 0 aliphatic heterocycles. The van der Waals surface area contributed by atoms with E-state index in [4.69, 9.17) is 9.72 Å². The smallest absolute Gasteiger partial charge is 0.159 e. The largest absolute Gasteiger partial charge is 0.497 e. The average molecular weight is 358 g/mol. The van der Waals surface area contributed by atoms with E-state index < -0.39 is 0 Å². The number of nitrogens with one attached hydrogen (secondary N) is 1. The van der Waals surface area contributed by atoms with E-state index in [1.807, 2.05) is 30.5 Å². The number of aryl methyl sites for hydroxylation is 1. The van der Waals surface area contributed by atoms with E-state index in [0.29, 0.717) is 17.7 Å². The molecule has 1 N–H and O–H groups in total. The summed E-state index contributed by atoms with van der Waals surface area (Å²) < 4.78 is 5.23. The Bertz CT molecular complexity index is 1090. The Morgan fingerprint density at radius 2 is 2.07 bits per heavy atom. The van der Waals surface area contributed by atoms with Crippen molar-refractivity contribution in [1.29, 1.82) is 0 Å². The van der Waals surface area contributed by atoms with E-state index in [1.165, 1.54) is 11.3 Å². The van der Waals surface area contributed by atoms with Crippen LogP contribution in [0.1, 0.15) is 40.8 Å². The fraction of sp³-hybridized carbons (Fsp3) is 0.333. The van der Waals surface area contributed by atoms with Crippen LogP contribution in [0, 0.1) is 10.8 Å². The molecule has 3 aromatic rings. The van der Waals surface area contributed by atoms with Gasteiger partial charge in [-0.3, -0.25) is 0 Å². The van der Waals surface area contributed by atoms with Crippen molar-refractivity contribution < 1.29 is 4.74 Å². The molecular formula is C21H18N4O2. The van der Waals surface area contributed by atoms with Crippen molar-refractivity contribution in [3.63, 3.8) is 0 Å². The Balaban J connectivity index is 1.47. The zero-order valence-corrected chi connectivity index (χ0v) is 14.9. The van der Waals surface area contributed by atoms with Gasteiger partial charge in [0.05, 0.1) is 18.5 Å². The third kappa shape index (κ3) is 2.01. The van der Waals surface area contributed by atoms with Gasteiger partial charge in [0.1, 0.15) is 11.8 Å². The van der Waals surface area contributed by atoms with Crippen LogP contribution in [0.3, 0.4) is 0 Å². The molecule has 3 aliphatic carbocycles. The van der Waals surface area contributed by atoms with Crippen LogP contribution in [-0.2, 0) is 12.8 Å². The monoisotopic (exact) mass is 358 g/mol. The van der Waals surface area contributed by atoms with Crippen LogP contribution in [0.2, 0.25) is 0 Å². The molecule has 0 spiro atoms. The van der Waals surface area contributed by atoms with Crippen molar-refractivity contribution in [2.24, 2.45) is 11.1 Å². The zero-order valence-electron chi connectivity index (χ0n) is 14.9. The first-order chi connectivity index (χ1) is 13.3. The maximum absolute atomic E-state index is 11.4. The first-order valence-corrected chi connectivity index (χ1v) is 9.36. The number of aromatic amines is 1. The number of benzene rings is 1. The lowest BCUT2D eigenvalue weighted by Crippen LogP contribution is -2.09. The van der Waals surface area contributed by atoms with Gasteiger partial charge in [0, 0.05) is 28.9 Å². The number of hydrogen-bond donors (Lipinski definition) is 1. The number of hydrogen-bond acceptors (Lipinski definition) is 5. The normalized spacial score (nSPS) is 23.8. The van der Waals surface area contributed by atoms with Gasteiger partial charge in [0.2, 0.25) is 0 Å². The number of rotatable bonds is 3. The van der Waals surface area contributed by atoms with Crippen LogP contribution in [0.25, 0.3) is 22.8 Å². The van der Waals surface area contributed by atoms with Crippen molar-refractivity contribution in [3.8, 4) is 28.5 Å². The molecule has 3 unspecified atom stereocenters. The second-order valence-electron chi connectivity index (χ2n) is 7.66. The topological polar surface area (TPSA) is 80.2 Å². The molecule has 2 aromatic heterocycles. The predicted molar refractivity (Wildman–Crippen MR) is 101 cm³/mol. The van der Waals surface area contributed by atoms with Gasteiger partial charge in [0.25, 0.3) is 0 Å². The Morgan fingerprint density at radius 3 is 2.85 bits per heavy atom. The fourth-order valence-corrected chi connectivity index (χ4v) is 4.85. The molecule has 6 nitrogen and oxygen atoms in total. The van der Waals surface area contributed by atoms with Crippen molar-refractivity contribution in [2.75, 3.05) is 7.11 Å². The quantitative estimate of drug-likeness (QED) is 0.713. The van der Waals surface area contributed by atoms with Crippen LogP contribution in [0.15, 0.2) is 35.6 Å². The highest BCUT2D eigenvalue weighted by Gasteiger charge is 2.56. The third-order valence-corrected chi connectivity index (χ3v) is 6.30. The van der Waals surface area contributed by atoms with Gasteiger partial charge in [-0.05, 0) is 60.6 Å². The molecule has 0 saturated heterocycles. The lowest BCUT2D eigenvalue weighted by atomic mass is 9.90. The Labute approximate surface area is 156 Å². The van der Waals surface area contributed by atoms with Gasteiger partial charge in [0.15, 0.2) is 5.82 Å².